The fourth-order valence-electron chi connectivity index (χ4n) is 1.44. The van der Waals surface area contributed by atoms with E-state index in [9.17, 15) is 13.2 Å². The molecular weight excluding hydrogens is 268 g/mol. The van der Waals surface area contributed by atoms with Crippen LogP contribution in [0.2, 0.25) is 0 Å². The van der Waals surface area contributed by atoms with Gasteiger partial charge in [0.05, 0.1) is 0 Å². The highest BCUT2D eigenvalue weighted by atomic mass is 32.2. The second-order valence-corrected chi connectivity index (χ2v) is 7.75. The summed E-state index contributed by atoms with van der Waals surface area (Å²) in [4.78, 5) is 12.0. The van der Waals surface area contributed by atoms with Crippen molar-refractivity contribution in [2.75, 3.05) is 0 Å². The van der Waals surface area contributed by atoms with E-state index in [1.165, 1.54) is 0 Å². The van der Waals surface area contributed by atoms with E-state index in [0.717, 1.165) is 12.8 Å². The van der Waals surface area contributed by atoms with Gasteiger partial charge in [-0.15, -0.1) is 0 Å². The van der Waals surface area contributed by atoms with Gasteiger partial charge in [-0.1, -0.05) is 13.8 Å². The van der Waals surface area contributed by atoms with Crippen molar-refractivity contribution in [1.29, 1.82) is 0 Å². The van der Waals surface area contributed by atoms with E-state index in [4.69, 9.17) is 4.74 Å². The summed E-state index contributed by atoms with van der Waals surface area (Å²) >= 11 is 0. The molecule has 2 N–H and O–H groups in total. The number of rotatable bonds is 6. The third kappa shape index (κ3) is 6.35. The molecule has 0 radical (unpaired) electrons. The van der Waals surface area contributed by atoms with Gasteiger partial charge < -0.3 is 4.74 Å². The zero-order valence-corrected chi connectivity index (χ0v) is 13.0. The molecule has 19 heavy (non-hydrogen) atoms. The van der Waals surface area contributed by atoms with Gasteiger partial charge in [-0.2, -0.15) is 17.9 Å². The van der Waals surface area contributed by atoms with Crippen molar-refractivity contribution in [1.82, 2.24) is 9.44 Å². The van der Waals surface area contributed by atoms with Crippen LogP contribution in [-0.4, -0.2) is 32.1 Å². The number of carbonyl (C=O) groups excluding carboxylic acids is 1. The molecule has 1 saturated carbocycles. The van der Waals surface area contributed by atoms with Gasteiger partial charge in [0.1, 0.15) is 11.6 Å². The molecule has 0 aromatic heterocycles. The Balaban J connectivity index is 2.69. The normalized spacial score (nSPS) is 18.4. The zero-order valence-electron chi connectivity index (χ0n) is 12.2. The van der Waals surface area contributed by atoms with E-state index in [1.54, 1.807) is 34.6 Å². The van der Waals surface area contributed by atoms with Gasteiger partial charge in [0.15, 0.2) is 0 Å². The molecule has 0 saturated heterocycles. The maximum Gasteiger partial charge on any atom is 0.325 e. The lowest BCUT2D eigenvalue weighted by molar-refractivity contribution is -0.158. The van der Waals surface area contributed by atoms with Crippen molar-refractivity contribution in [3.05, 3.63) is 0 Å². The molecule has 112 valence electrons. The van der Waals surface area contributed by atoms with E-state index in [0.29, 0.717) is 0 Å². The zero-order chi connectivity index (χ0) is 14.8. The van der Waals surface area contributed by atoms with E-state index in [1.807, 2.05) is 0 Å². The summed E-state index contributed by atoms with van der Waals surface area (Å²) in [5.74, 6) is -0.741. The Kier molecular flexibility index (Phi) is 4.97. The standard InChI is InChI=1S/C12H24N2O4S/c1-8(2)10(11(15)18-12(3,4)5)14-19(16,17)13-9-6-7-9/h8-10,13-14H,6-7H2,1-5H3/t10-/m0/s1. The topological polar surface area (TPSA) is 84.5 Å². The number of esters is 1. The van der Waals surface area contributed by atoms with Crippen molar-refractivity contribution in [3.8, 4) is 0 Å². The highest BCUT2D eigenvalue weighted by molar-refractivity contribution is 7.87. The molecule has 1 aliphatic carbocycles. The van der Waals surface area contributed by atoms with Crippen LogP contribution < -0.4 is 9.44 Å². The lowest BCUT2D eigenvalue weighted by atomic mass is 10.1. The number of hydrogen-bond donors (Lipinski definition) is 2. The minimum absolute atomic E-state index is 0.00366. The quantitative estimate of drug-likeness (QED) is 0.714. The first-order valence-corrected chi connectivity index (χ1v) is 8.01. The Hall–Kier alpha value is -0.660. The van der Waals surface area contributed by atoms with Crippen molar-refractivity contribution in [2.24, 2.45) is 5.92 Å². The Morgan fingerprint density at radius 2 is 1.79 bits per heavy atom. The van der Waals surface area contributed by atoms with Gasteiger partial charge in [-0.25, -0.2) is 0 Å². The van der Waals surface area contributed by atoms with Crippen LogP contribution in [0.4, 0.5) is 0 Å². The van der Waals surface area contributed by atoms with Crippen LogP contribution >= 0.6 is 0 Å². The van der Waals surface area contributed by atoms with Gasteiger partial charge in [-0.05, 0) is 39.5 Å². The maximum atomic E-state index is 12.0. The Morgan fingerprint density at radius 3 is 2.16 bits per heavy atom. The van der Waals surface area contributed by atoms with Crippen molar-refractivity contribution < 1.29 is 17.9 Å². The number of nitrogens with one attached hydrogen (secondary N) is 2. The van der Waals surface area contributed by atoms with Crippen LogP contribution in [0.3, 0.4) is 0 Å². The third-order valence-corrected chi connectivity index (χ3v) is 3.72. The summed E-state index contributed by atoms with van der Waals surface area (Å²) in [6, 6.07) is -0.876. The summed E-state index contributed by atoms with van der Waals surface area (Å²) in [5, 5.41) is 0. The highest BCUT2D eigenvalue weighted by Crippen LogP contribution is 2.20. The molecule has 0 aromatic carbocycles. The van der Waals surface area contributed by atoms with Gasteiger partial charge >= 0.3 is 5.97 Å². The molecule has 1 aliphatic rings. The number of ether oxygens (including phenoxy) is 1. The minimum atomic E-state index is -3.66. The smallest absolute Gasteiger partial charge is 0.325 e. The van der Waals surface area contributed by atoms with E-state index in [-0.39, 0.29) is 12.0 Å². The second kappa shape index (κ2) is 5.76. The third-order valence-electron chi connectivity index (χ3n) is 2.51. The molecule has 1 fully saturated rings. The van der Waals surface area contributed by atoms with Gasteiger partial charge in [0, 0.05) is 6.04 Å². The van der Waals surface area contributed by atoms with Crippen molar-refractivity contribution in [3.63, 3.8) is 0 Å². The molecule has 0 aromatic rings. The molecule has 0 bridgehead atoms. The molecule has 1 rings (SSSR count). The minimum Gasteiger partial charge on any atom is -0.459 e. The largest absolute Gasteiger partial charge is 0.459 e. The van der Waals surface area contributed by atoms with Crippen LogP contribution in [0, 0.1) is 5.92 Å². The van der Waals surface area contributed by atoms with Crippen LogP contribution in [0.1, 0.15) is 47.5 Å². The summed E-state index contributed by atoms with van der Waals surface area (Å²) in [7, 11) is -3.66. The summed E-state index contributed by atoms with van der Waals surface area (Å²) in [5.41, 5.74) is -0.639. The van der Waals surface area contributed by atoms with Crippen LogP contribution in [0.25, 0.3) is 0 Å². The first-order valence-electron chi connectivity index (χ1n) is 6.52. The van der Waals surface area contributed by atoms with Crippen LogP contribution in [0.15, 0.2) is 0 Å². The molecule has 0 unspecified atom stereocenters. The molecule has 0 spiro atoms. The lowest BCUT2D eigenvalue weighted by Gasteiger charge is -2.26. The van der Waals surface area contributed by atoms with E-state index >= 15 is 0 Å². The Morgan fingerprint density at radius 1 is 1.26 bits per heavy atom. The highest BCUT2D eigenvalue weighted by Gasteiger charge is 2.34. The van der Waals surface area contributed by atoms with Crippen molar-refractivity contribution >= 4 is 16.2 Å². The van der Waals surface area contributed by atoms with Crippen LogP contribution in [0.5, 0.6) is 0 Å². The molecular formula is C12H24N2O4S. The fourth-order valence-corrected chi connectivity index (χ4v) is 2.89. The van der Waals surface area contributed by atoms with Crippen LogP contribution in [-0.2, 0) is 19.7 Å². The first-order chi connectivity index (χ1) is 8.50. The molecule has 6 nitrogen and oxygen atoms in total. The molecule has 1 atom stereocenters. The Bertz CT molecular complexity index is 422. The lowest BCUT2D eigenvalue weighted by Crippen LogP contribution is -2.51. The summed E-state index contributed by atoms with van der Waals surface area (Å²) in [6.07, 6.45) is 1.69. The predicted molar refractivity (Wildman–Crippen MR) is 72.7 cm³/mol. The predicted octanol–water partition coefficient (Wildman–Crippen LogP) is 0.939. The average Bonchev–Trinajstić information content (AvgIpc) is 2.93. The summed E-state index contributed by atoms with van der Waals surface area (Å²) in [6.45, 7) is 8.79. The monoisotopic (exact) mass is 292 g/mol. The second-order valence-electron chi connectivity index (χ2n) is 6.27. The SMILES string of the molecule is CC(C)[C@H](NS(=O)(=O)NC1CC1)C(=O)OC(C)(C)C. The average molecular weight is 292 g/mol. The van der Waals surface area contributed by atoms with Gasteiger partial charge in [-0.3, -0.25) is 4.79 Å². The Labute approximate surface area is 115 Å². The fraction of sp³-hybridized carbons (Fsp3) is 0.917. The molecule has 0 amide bonds. The first kappa shape index (κ1) is 16.4. The molecule has 0 aliphatic heterocycles. The summed E-state index contributed by atoms with van der Waals surface area (Å²) < 4.78 is 33.8. The molecule has 7 heteroatoms. The number of hydrogen-bond acceptors (Lipinski definition) is 4. The van der Waals surface area contributed by atoms with E-state index in [2.05, 4.69) is 9.44 Å². The van der Waals surface area contributed by atoms with E-state index < -0.39 is 27.8 Å². The number of carbonyl (C=O) groups is 1. The van der Waals surface area contributed by atoms with Gasteiger partial charge in [0.2, 0.25) is 0 Å². The molecule has 0 heterocycles. The maximum absolute atomic E-state index is 12.0. The van der Waals surface area contributed by atoms with Crippen molar-refractivity contribution in [2.45, 2.75) is 65.1 Å². The van der Waals surface area contributed by atoms with Gasteiger partial charge in [0.25, 0.3) is 10.2 Å².